The number of nitrogens with one attached hydrogen (secondary N) is 1. The molecule has 0 saturated carbocycles. The molecule has 1 nitrogen and oxygen atoms in total. The zero-order chi connectivity index (χ0) is 13.2. The Balaban J connectivity index is 1.91. The third-order valence-corrected chi connectivity index (χ3v) is 4.81. The van der Waals surface area contributed by atoms with Crippen LogP contribution in [0.4, 0.5) is 5.69 Å². The number of thiophene rings is 1. The number of halogens is 1. The molecule has 96 valence electrons. The van der Waals surface area contributed by atoms with Gasteiger partial charge in [-0.25, -0.2) is 0 Å². The smallest absolute Gasteiger partial charge is 0.0494 e. The van der Waals surface area contributed by atoms with E-state index in [-0.39, 0.29) is 0 Å². The topological polar surface area (TPSA) is 12.0 Å². The first-order chi connectivity index (χ1) is 9.24. The molecule has 1 N–H and O–H groups in total. The van der Waals surface area contributed by atoms with Gasteiger partial charge in [-0.1, -0.05) is 40.2 Å². The molecule has 0 spiro atoms. The quantitative estimate of drug-likeness (QED) is 0.660. The Kier molecular flexibility index (Phi) is 3.58. The molecule has 0 unspecified atom stereocenters. The minimum Gasteiger partial charge on any atom is -0.380 e. The summed E-state index contributed by atoms with van der Waals surface area (Å²) >= 11 is 5.45. The average molecular weight is 332 g/mol. The van der Waals surface area contributed by atoms with Crippen molar-refractivity contribution in [1.29, 1.82) is 0 Å². The Morgan fingerprint density at radius 3 is 2.53 bits per heavy atom. The number of hydrogen-bond acceptors (Lipinski definition) is 2. The minimum absolute atomic E-state index is 0.879. The lowest BCUT2D eigenvalue weighted by Crippen LogP contribution is -1.98. The molecule has 0 aliphatic rings. The highest BCUT2D eigenvalue weighted by Crippen LogP contribution is 2.30. The van der Waals surface area contributed by atoms with Crippen molar-refractivity contribution in [1.82, 2.24) is 0 Å². The summed E-state index contributed by atoms with van der Waals surface area (Å²) in [6.45, 7) is 3.02. The van der Waals surface area contributed by atoms with Gasteiger partial charge in [-0.2, -0.15) is 0 Å². The van der Waals surface area contributed by atoms with Crippen molar-refractivity contribution >= 4 is 43.7 Å². The van der Waals surface area contributed by atoms with Crippen molar-refractivity contribution in [3.8, 4) is 0 Å². The van der Waals surface area contributed by atoms with Gasteiger partial charge in [0.25, 0.3) is 0 Å². The molecule has 0 aliphatic carbocycles. The van der Waals surface area contributed by atoms with E-state index in [4.69, 9.17) is 0 Å². The fourth-order valence-electron chi connectivity index (χ4n) is 2.18. The molecule has 0 aliphatic heterocycles. The van der Waals surface area contributed by atoms with Crippen molar-refractivity contribution < 1.29 is 0 Å². The molecule has 19 heavy (non-hydrogen) atoms. The minimum atomic E-state index is 0.879. The Morgan fingerprint density at radius 1 is 1.00 bits per heavy atom. The number of rotatable bonds is 3. The highest BCUT2D eigenvalue weighted by Gasteiger charge is 2.04. The fourth-order valence-corrected chi connectivity index (χ4v) is 3.49. The summed E-state index contributed by atoms with van der Waals surface area (Å²) < 4.78 is 1.14. The van der Waals surface area contributed by atoms with E-state index in [9.17, 15) is 0 Å². The van der Waals surface area contributed by atoms with E-state index in [1.54, 1.807) is 0 Å². The summed E-state index contributed by atoms with van der Waals surface area (Å²) in [5.41, 5.74) is 1.19. The van der Waals surface area contributed by atoms with E-state index in [2.05, 4.69) is 76.7 Å². The molecule has 0 amide bonds. The lowest BCUT2D eigenvalue weighted by molar-refractivity contribution is 1.20. The molecule has 3 heteroatoms. The van der Waals surface area contributed by atoms with Crippen LogP contribution < -0.4 is 5.32 Å². The van der Waals surface area contributed by atoms with Gasteiger partial charge in [0.2, 0.25) is 0 Å². The second-order valence-electron chi connectivity index (χ2n) is 4.51. The van der Waals surface area contributed by atoms with Gasteiger partial charge in [0, 0.05) is 31.8 Å². The van der Waals surface area contributed by atoms with E-state index in [1.807, 2.05) is 11.3 Å². The normalized spacial score (nSPS) is 10.8. The van der Waals surface area contributed by atoms with Crippen molar-refractivity contribution in [2.45, 2.75) is 13.5 Å². The summed E-state index contributed by atoms with van der Waals surface area (Å²) in [5, 5.41) is 6.03. The first-order valence-corrected chi connectivity index (χ1v) is 7.81. The highest BCUT2D eigenvalue weighted by atomic mass is 79.9. The SMILES string of the molecule is Cc1ccc(CNc2ccc(Br)c3ccccc23)s1. The van der Waals surface area contributed by atoms with Gasteiger partial charge >= 0.3 is 0 Å². The van der Waals surface area contributed by atoms with Gasteiger partial charge in [-0.05, 0) is 36.6 Å². The molecule has 2 aromatic carbocycles. The van der Waals surface area contributed by atoms with Gasteiger partial charge in [-0.15, -0.1) is 11.3 Å². The van der Waals surface area contributed by atoms with E-state index in [1.165, 1.54) is 26.2 Å². The Hall–Kier alpha value is -1.32. The lowest BCUT2D eigenvalue weighted by Gasteiger charge is -2.10. The summed E-state index contributed by atoms with van der Waals surface area (Å²) in [5.74, 6) is 0. The van der Waals surface area contributed by atoms with Crippen molar-refractivity contribution in [2.24, 2.45) is 0 Å². The van der Waals surface area contributed by atoms with Gasteiger partial charge in [0.1, 0.15) is 0 Å². The van der Waals surface area contributed by atoms with Crippen molar-refractivity contribution in [3.63, 3.8) is 0 Å². The number of hydrogen-bond donors (Lipinski definition) is 1. The van der Waals surface area contributed by atoms with Crippen LogP contribution in [-0.2, 0) is 6.54 Å². The predicted octanol–water partition coefficient (Wildman–Crippen LogP) is 5.58. The maximum atomic E-state index is 3.60. The Labute approximate surface area is 125 Å². The van der Waals surface area contributed by atoms with Crippen LogP contribution in [-0.4, -0.2) is 0 Å². The molecule has 0 atom stereocenters. The highest BCUT2D eigenvalue weighted by molar-refractivity contribution is 9.10. The van der Waals surface area contributed by atoms with E-state index < -0.39 is 0 Å². The van der Waals surface area contributed by atoms with Crippen LogP contribution in [0, 0.1) is 6.92 Å². The van der Waals surface area contributed by atoms with Gasteiger partial charge < -0.3 is 5.32 Å². The van der Waals surface area contributed by atoms with E-state index >= 15 is 0 Å². The molecule has 0 fully saturated rings. The number of aryl methyl sites for hydroxylation is 1. The molecule has 0 bridgehead atoms. The summed E-state index contributed by atoms with van der Waals surface area (Å²) in [6.07, 6.45) is 0. The molecule has 1 heterocycles. The van der Waals surface area contributed by atoms with Gasteiger partial charge in [0.05, 0.1) is 0 Å². The zero-order valence-electron chi connectivity index (χ0n) is 10.6. The third kappa shape index (κ3) is 2.67. The summed E-state index contributed by atoms with van der Waals surface area (Å²) in [4.78, 5) is 2.72. The van der Waals surface area contributed by atoms with E-state index in [0.29, 0.717) is 0 Å². The van der Waals surface area contributed by atoms with Crippen molar-refractivity contribution in [2.75, 3.05) is 5.32 Å². The second-order valence-corrected chi connectivity index (χ2v) is 6.73. The first kappa shape index (κ1) is 12.7. The standard InChI is InChI=1S/C16H14BrNS/c1-11-6-7-12(19-11)10-18-16-9-8-15(17)13-4-2-3-5-14(13)16/h2-9,18H,10H2,1H3. The fraction of sp³-hybridized carbons (Fsp3) is 0.125. The van der Waals surface area contributed by atoms with Gasteiger partial charge in [0.15, 0.2) is 0 Å². The molecule has 3 rings (SSSR count). The zero-order valence-corrected chi connectivity index (χ0v) is 13.0. The molecule has 0 saturated heterocycles. The monoisotopic (exact) mass is 331 g/mol. The number of benzene rings is 2. The third-order valence-electron chi connectivity index (χ3n) is 3.12. The van der Waals surface area contributed by atoms with Crippen LogP contribution in [0.1, 0.15) is 9.75 Å². The Morgan fingerprint density at radius 2 is 1.79 bits per heavy atom. The lowest BCUT2D eigenvalue weighted by atomic mass is 10.1. The molecular formula is C16H14BrNS. The van der Waals surface area contributed by atoms with Crippen molar-refractivity contribution in [3.05, 3.63) is 62.8 Å². The first-order valence-electron chi connectivity index (χ1n) is 6.20. The van der Waals surface area contributed by atoms with Crippen LogP contribution in [0.2, 0.25) is 0 Å². The van der Waals surface area contributed by atoms with Crippen LogP contribution in [0.15, 0.2) is 53.0 Å². The van der Waals surface area contributed by atoms with E-state index in [0.717, 1.165) is 11.0 Å². The molecule has 0 radical (unpaired) electrons. The van der Waals surface area contributed by atoms with Crippen LogP contribution >= 0.6 is 27.3 Å². The largest absolute Gasteiger partial charge is 0.380 e. The summed E-state index contributed by atoms with van der Waals surface area (Å²) in [6, 6.07) is 17.0. The molecular weight excluding hydrogens is 318 g/mol. The Bertz CT molecular complexity index is 718. The summed E-state index contributed by atoms with van der Waals surface area (Å²) in [7, 11) is 0. The average Bonchev–Trinajstić information content (AvgIpc) is 2.84. The maximum Gasteiger partial charge on any atom is 0.0494 e. The number of anilines is 1. The van der Waals surface area contributed by atoms with Crippen LogP contribution in [0.25, 0.3) is 10.8 Å². The number of fused-ring (bicyclic) bond motifs is 1. The van der Waals surface area contributed by atoms with Gasteiger partial charge in [-0.3, -0.25) is 0 Å². The molecule has 1 aromatic heterocycles. The molecule has 3 aromatic rings. The second kappa shape index (κ2) is 5.35. The predicted molar refractivity (Wildman–Crippen MR) is 88.0 cm³/mol. The van der Waals surface area contributed by atoms with Crippen LogP contribution in [0.5, 0.6) is 0 Å². The van der Waals surface area contributed by atoms with Crippen LogP contribution in [0.3, 0.4) is 0 Å². The maximum absolute atomic E-state index is 3.60.